The van der Waals surface area contributed by atoms with Crippen LogP contribution in [0.5, 0.6) is 11.5 Å². The van der Waals surface area contributed by atoms with E-state index in [1.807, 2.05) is 18.2 Å². The number of rotatable bonds is 3. The van der Waals surface area contributed by atoms with E-state index < -0.39 is 6.10 Å². The molecule has 1 fully saturated rings. The summed E-state index contributed by atoms with van der Waals surface area (Å²) in [6, 6.07) is 5.67. The molecule has 3 rings (SSSR count). The third kappa shape index (κ3) is 2.44. The van der Waals surface area contributed by atoms with Gasteiger partial charge in [0.1, 0.15) is 17.1 Å². The molecule has 3 nitrogen and oxygen atoms in total. The van der Waals surface area contributed by atoms with Crippen LogP contribution in [0.3, 0.4) is 0 Å². The van der Waals surface area contributed by atoms with Gasteiger partial charge in [0.15, 0.2) is 0 Å². The lowest BCUT2D eigenvalue weighted by Gasteiger charge is -2.42. The lowest BCUT2D eigenvalue weighted by molar-refractivity contribution is -0.0249. The number of hydrogen-bond acceptors (Lipinski definition) is 3. The molecule has 1 aromatic carbocycles. The summed E-state index contributed by atoms with van der Waals surface area (Å²) in [5, 5.41) is 10.3. The standard InChI is InChI=1S/C16H22O3/c1-16(9-11-4-3-5-11)10-14(17)13-7-6-12(18-2)8-15(13)19-16/h6-8,11,14,17H,3-5,9-10H2,1-2H3/t14-,16?/m1/s1. The Bertz CT molecular complexity index is 467. The highest BCUT2D eigenvalue weighted by Gasteiger charge is 2.39. The second-order valence-corrected chi connectivity index (χ2v) is 6.18. The number of hydrogen-bond donors (Lipinski definition) is 1. The molecule has 1 aromatic rings. The molecule has 0 saturated heterocycles. The minimum Gasteiger partial charge on any atom is -0.497 e. The highest BCUT2D eigenvalue weighted by molar-refractivity contribution is 5.43. The number of methoxy groups -OCH3 is 1. The molecule has 0 spiro atoms. The molecule has 0 radical (unpaired) electrons. The normalized spacial score (nSPS) is 30.2. The molecule has 3 heteroatoms. The number of ether oxygens (including phenoxy) is 2. The SMILES string of the molecule is COc1ccc2c(c1)OC(C)(CC1CCC1)C[C@H]2O. The van der Waals surface area contributed by atoms with E-state index in [1.165, 1.54) is 19.3 Å². The minimum absolute atomic E-state index is 0.246. The predicted octanol–water partition coefficient (Wildman–Crippen LogP) is 3.46. The van der Waals surface area contributed by atoms with E-state index in [9.17, 15) is 5.11 Å². The van der Waals surface area contributed by atoms with Crippen molar-refractivity contribution in [3.63, 3.8) is 0 Å². The summed E-state index contributed by atoms with van der Waals surface area (Å²) in [4.78, 5) is 0. The summed E-state index contributed by atoms with van der Waals surface area (Å²) in [6.07, 6.45) is 5.25. The van der Waals surface area contributed by atoms with Crippen LogP contribution in [0.4, 0.5) is 0 Å². The van der Waals surface area contributed by atoms with Gasteiger partial charge in [0, 0.05) is 18.1 Å². The summed E-state index contributed by atoms with van der Waals surface area (Å²) in [7, 11) is 1.65. The fourth-order valence-electron chi connectivity index (χ4n) is 3.26. The van der Waals surface area contributed by atoms with Crippen LogP contribution in [-0.4, -0.2) is 17.8 Å². The van der Waals surface area contributed by atoms with E-state index in [0.29, 0.717) is 6.42 Å². The van der Waals surface area contributed by atoms with E-state index in [4.69, 9.17) is 9.47 Å². The molecule has 1 saturated carbocycles. The van der Waals surface area contributed by atoms with Gasteiger partial charge < -0.3 is 14.6 Å². The molecular weight excluding hydrogens is 240 g/mol. The van der Waals surface area contributed by atoms with Gasteiger partial charge in [-0.1, -0.05) is 19.3 Å². The number of aliphatic hydroxyl groups excluding tert-OH is 1. The maximum absolute atomic E-state index is 10.3. The first-order chi connectivity index (χ1) is 9.09. The van der Waals surface area contributed by atoms with E-state index >= 15 is 0 Å². The third-order valence-corrected chi connectivity index (χ3v) is 4.51. The molecule has 2 atom stereocenters. The maximum atomic E-state index is 10.3. The van der Waals surface area contributed by atoms with E-state index in [-0.39, 0.29) is 5.60 Å². The Morgan fingerprint density at radius 1 is 1.42 bits per heavy atom. The summed E-state index contributed by atoms with van der Waals surface area (Å²) in [6.45, 7) is 2.12. The monoisotopic (exact) mass is 262 g/mol. The molecule has 2 aliphatic rings. The first kappa shape index (κ1) is 12.8. The molecule has 0 amide bonds. The molecule has 1 aliphatic heterocycles. The number of fused-ring (bicyclic) bond motifs is 1. The van der Waals surface area contributed by atoms with Crippen molar-refractivity contribution >= 4 is 0 Å². The molecular formula is C16H22O3. The molecule has 1 N–H and O–H groups in total. The van der Waals surface area contributed by atoms with E-state index in [2.05, 4.69) is 6.92 Å². The Balaban J connectivity index is 1.84. The van der Waals surface area contributed by atoms with Gasteiger partial charge >= 0.3 is 0 Å². The van der Waals surface area contributed by atoms with Gasteiger partial charge in [-0.05, 0) is 31.4 Å². The Labute approximate surface area is 114 Å². The van der Waals surface area contributed by atoms with Crippen molar-refractivity contribution in [3.05, 3.63) is 23.8 Å². The summed E-state index contributed by atoms with van der Waals surface area (Å²) in [5.74, 6) is 2.32. The molecule has 1 unspecified atom stereocenters. The minimum atomic E-state index is -0.431. The maximum Gasteiger partial charge on any atom is 0.129 e. The van der Waals surface area contributed by atoms with E-state index in [0.717, 1.165) is 29.4 Å². The number of benzene rings is 1. The number of aliphatic hydroxyl groups is 1. The van der Waals surface area contributed by atoms with Crippen LogP contribution in [-0.2, 0) is 0 Å². The van der Waals surface area contributed by atoms with Crippen LogP contribution in [0.1, 0.15) is 50.7 Å². The van der Waals surface area contributed by atoms with Crippen molar-refractivity contribution in [3.8, 4) is 11.5 Å². The lowest BCUT2D eigenvalue weighted by Crippen LogP contribution is -2.41. The lowest BCUT2D eigenvalue weighted by atomic mass is 9.75. The molecule has 1 aliphatic carbocycles. The second-order valence-electron chi connectivity index (χ2n) is 6.18. The average Bonchev–Trinajstić information content (AvgIpc) is 2.33. The van der Waals surface area contributed by atoms with Gasteiger partial charge in [-0.25, -0.2) is 0 Å². The van der Waals surface area contributed by atoms with Crippen molar-refractivity contribution in [2.75, 3.05) is 7.11 Å². The molecule has 0 bridgehead atoms. The Hall–Kier alpha value is -1.22. The van der Waals surface area contributed by atoms with Gasteiger partial charge in [-0.2, -0.15) is 0 Å². The van der Waals surface area contributed by atoms with Crippen LogP contribution in [0.2, 0.25) is 0 Å². The van der Waals surface area contributed by atoms with Crippen molar-refractivity contribution in [2.24, 2.45) is 5.92 Å². The first-order valence-electron chi connectivity index (χ1n) is 7.15. The Morgan fingerprint density at radius 2 is 2.21 bits per heavy atom. The van der Waals surface area contributed by atoms with Gasteiger partial charge in [-0.3, -0.25) is 0 Å². The summed E-state index contributed by atoms with van der Waals surface area (Å²) < 4.78 is 11.4. The highest BCUT2D eigenvalue weighted by Crippen LogP contribution is 2.45. The van der Waals surface area contributed by atoms with Gasteiger partial charge in [0.25, 0.3) is 0 Å². The third-order valence-electron chi connectivity index (χ3n) is 4.51. The Morgan fingerprint density at radius 3 is 2.84 bits per heavy atom. The van der Waals surface area contributed by atoms with Crippen LogP contribution >= 0.6 is 0 Å². The van der Waals surface area contributed by atoms with Crippen molar-refractivity contribution in [1.82, 2.24) is 0 Å². The summed E-state index contributed by atoms with van der Waals surface area (Å²) >= 11 is 0. The van der Waals surface area contributed by atoms with Crippen LogP contribution in [0.25, 0.3) is 0 Å². The summed E-state index contributed by atoms with van der Waals surface area (Å²) in [5.41, 5.74) is 0.635. The molecule has 19 heavy (non-hydrogen) atoms. The molecule has 104 valence electrons. The van der Waals surface area contributed by atoms with Crippen molar-refractivity contribution < 1.29 is 14.6 Å². The van der Waals surface area contributed by atoms with Gasteiger partial charge in [0.05, 0.1) is 13.2 Å². The fourth-order valence-corrected chi connectivity index (χ4v) is 3.26. The second kappa shape index (κ2) is 4.71. The van der Waals surface area contributed by atoms with Crippen LogP contribution in [0.15, 0.2) is 18.2 Å². The fraction of sp³-hybridized carbons (Fsp3) is 0.625. The molecule has 0 aromatic heterocycles. The zero-order valence-electron chi connectivity index (χ0n) is 11.7. The predicted molar refractivity (Wildman–Crippen MR) is 73.6 cm³/mol. The topological polar surface area (TPSA) is 38.7 Å². The zero-order valence-corrected chi connectivity index (χ0v) is 11.7. The zero-order chi connectivity index (χ0) is 13.5. The first-order valence-corrected chi connectivity index (χ1v) is 7.15. The van der Waals surface area contributed by atoms with Crippen LogP contribution in [0, 0.1) is 5.92 Å². The largest absolute Gasteiger partial charge is 0.497 e. The average molecular weight is 262 g/mol. The quantitative estimate of drug-likeness (QED) is 0.906. The molecule has 1 heterocycles. The van der Waals surface area contributed by atoms with Gasteiger partial charge in [-0.15, -0.1) is 0 Å². The Kier molecular flexibility index (Phi) is 3.17. The van der Waals surface area contributed by atoms with Crippen molar-refractivity contribution in [2.45, 2.75) is 50.7 Å². The smallest absolute Gasteiger partial charge is 0.129 e. The van der Waals surface area contributed by atoms with E-state index in [1.54, 1.807) is 7.11 Å². The highest BCUT2D eigenvalue weighted by atomic mass is 16.5. The van der Waals surface area contributed by atoms with Crippen LogP contribution < -0.4 is 9.47 Å². The van der Waals surface area contributed by atoms with Gasteiger partial charge in [0.2, 0.25) is 0 Å². The van der Waals surface area contributed by atoms with Crippen molar-refractivity contribution in [1.29, 1.82) is 0 Å².